The number of hydrogen-bond acceptors (Lipinski definition) is 4. The van der Waals surface area contributed by atoms with Crippen LogP contribution >= 0.6 is 0 Å². The Morgan fingerprint density at radius 1 is 0.857 bits per heavy atom. The quantitative estimate of drug-likeness (QED) is 0.153. The number of aliphatic hydroxyl groups is 2. The SMILES string of the molecule is CCCCC/C=C\C/C=C\CCCCCCCC(=O)OCC(O)CCCCO. The predicted molar refractivity (Wildman–Crippen MR) is 117 cm³/mol. The lowest BCUT2D eigenvalue weighted by molar-refractivity contribution is -0.146. The van der Waals surface area contributed by atoms with Gasteiger partial charge in [-0.15, -0.1) is 0 Å². The highest BCUT2D eigenvalue weighted by Gasteiger charge is 2.08. The van der Waals surface area contributed by atoms with E-state index in [9.17, 15) is 9.90 Å². The van der Waals surface area contributed by atoms with Gasteiger partial charge in [0.1, 0.15) is 6.61 Å². The summed E-state index contributed by atoms with van der Waals surface area (Å²) in [5.41, 5.74) is 0. The largest absolute Gasteiger partial charge is 0.463 e. The number of unbranched alkanes of at least 4 members (excludes halogenated alkanes) is 9. The van der Waals surface area contributed by atoms with Crippen LogP contribution in [0.1, 0.15) is 103 Å². The lowest BCUT2D eigenvalue weighted by Gasteiger charge is -2.10. The number of esters is 1. The second kappa shape index (κ2) is 22.2. The Morgan fingerprint density at radius 3 is 2.18 bits per heavy atom. The van der Waals surface area contributed by atoms with Gasteiger partial charge in [-0.05, 0) is 57.8 Å². The zero-order chi connectivity index (χ0) is 20.7. The molecule has 0 radical (unpaired) electrons. The molecule has 0 amide bonds. The van der Waals surface area contributed by atoms with Gasteiger partial charge in [-0.1, -0.05) is 63.3 Å². The Labute approximate surface area is 173 Å². The van der Waals surface area contributed by atoms with Crippen LogP contribution in [0.4, 0.5) is 0 Å². The zero-order valence-corrected chi connectivity index (χ0v) is 18.1. The van der Waals surface area contributed by atoms with E-state index in [0.29, 0.717) is 19.3 Å². The summed E-state index contributed by atoms with van der Waals surface area (Å²) in [4.78, 5) is 11.6. The van der Waals surface area contributed by atoms with E-state index in [4.69, 9.17) is 9.84 Å². The number of carbonyl (C=O) groups excluding carboxylic acids is 1. The van der Waals surface area contributed by atoms with E-state index in [1.807, 2.05) is 0 Å². The van der Waals surface area contributed by atoms with Gasteiger partial charge < -0.3 is 14.9 Å². The van der Waals surface area contributed by atoms with Crippen LogP contribution in [0, 0.1) is 0 Å². The normalized spacial score (nSPS) is 12.8. The van der Waals surface area contributed by atoms with E-state index in [1.54, 1.807) is 0 Å². The third-order valence-electron chi connectivity index (χ3n) is 4.71. The topological polar surface area (TPSA) is 66.8 Å². The molecule has 0 aromatic rings. The van der Waals surface area contributed by atoms with Gasteiger partial charge in [0.05, 0.1) is 6.10 Å². The number of ether oxygens (including phenoxy) is 1. The molecular weight excluding hydrogens is 352 g/mol. The third kappa shape index (κ3) is 21.2. The van der Waals surface area contributed by atoms with Gasteiger partial charge in [0.15, 0.2) is 0 Å². The molecule has 0 aliphatic heterocycles. The fraction of sp³-hybridized carbons (Fsp3) is 0.792. The molecule has 0 fully saturated rings. The van der Waals surface area contributed by atoms with Crippen molar-refractivity contribution >= 4 is 5.97 Å². The molecule has 0 saturated carbocycles. The summed E-state index contributed by atoms with van der Waals surface area (Å²) in [7, 11) is 0. The lowest BCUT2D eigenvalue weighted by Crippen LogP contribution is -2.18. The summed E-state index contributed by atoms with van der Waals surface area (Å²) in [6, 6.07) is 0. The average Bonchev–Trinajstić information content (AvgIpc) is 2.69. The highest BCUT2D eigenvalue weighted by atomic mass is 16.5. The summed E-state index contributed by atoms with van der Waals surface area (Å²) in [6.07, 6.45) is 23.7. The van der Waals surface area contributed by atoms with Gasteiger partial charge in [0, 0.05) is 13.0 Å². The number of hydrogen-bond donors (Lipinski definition) is 2. The molecule has 0 rings (SSSR count). The van der Waals surface area contributed by atoms with Crippen LogP contribution in [0.5, 0.6) is 0 Å². The van der Waals surface area contributed by atoms with Gasteiger partial charge in [0.25, 0.3) is 0 Å². The first-order valence-electron chi connectivity index (χ1n) is 11.4. The fourth-order valence-corrected chi connectivity index (χ4v) is 2.92. The first-order valence-corrected chi connectivity index (χ1v) is 11.4. The lowest BCUT2D eigenvalue weighted by atomic mass is 10.1. The van der Waals surface area contributed by atoms with Gasteiger partial charge in [-0.3, -0.25) is 4.79 Å². The van der Waals surface area contributed by atoms with Crippen molar-refractivity contribution < 1.29 is 19.7 Å². The molecular formula is C24H44O4. The van der Waals surface area contributed by atoms with Crippen molar-refractivity contribution in [2.45, 2.75) is 109 Å². The number of carbonyl (C=O) groups is 1. The minimum absolute atomic E-state index is 0.0739. The summed E-state index contributed by atoms with van der Waals surface area (Å²) in [5.74, 6) is -0.216. The molecule has 28 heavy (non-hydrogen) atoms. The summed E-state index contributed by atoms with van der Waals surface area (Å²) in [6.45, 7) is 2.45. The van der Waals surface area contributed by atoms with Crippen LogP contribution in [0.25, 0.3) is 0 Å². The van der Waals surface area contributed by atoms with Crippen molar-refractivity contribution in [1.29, 1.82) is 0 Å². The van der Waals surface area contributed by atoms with Gasteiger partial charge in [-0.25, -0.2) is 0 Å². The standard InChI is InChI=1S/C24H44O4/c1-2-3-4-5-6-7-8-9-10-11-12-13-14-15-16-20-24(27)28-22-23(26)19-17-18-21-25/h6-7,9-10,23,25-26H,2-5,8,11-22H2,1H3/b7-6-,10-9-. The van der Waals surface area contributed by atoms with Crippen molar-refractivity contribution in [3.8, 4) is 0 Å². The maximum Gasteiger partial charge on any atom is 0.305 e. The van der Waals surface area contributed by atoms with Gasteiger partial charge in [-0.2, -0.15) is 0 Å². The molecule has 1 unspecified atom stereocenters. The highest BCUT2D eigenvalue weighted by molar-refractivity contribution is 5.69. The number of allylic oxidation sites excluding steroid dienone is 4. The Kier molecular flexibility index (Phi) is 21.3. The van der Waals surface area contributed by atoms with Crippen LogP contribution in [0.3, 0.4) is 0 Å². The van der Waals surface area contributed by atoms with E-state index >= 15 is 0 Å². The second-order valence-electron chi connectivity index (χ2n) is 7.54. The zero-order valence-electron chi connectivity index (χ0n) is 18.1. The molecule has 0 saturated heterocycles. The minimum atomic E-state index is -0.611. The summed E-state index contributed by atoms with van der Waals surface area (Å²) < 4.78 is 5.09. The molecule has 2 N–H and O–H groups in total. The van der Waals surface area contributed by atoms with E-state index in [-0.39, 0.29) is 19.2 Å². The molecule has 0 aromatic carbocycles. The van der Waals surface area contributed by atoms with Crippen molar-refractivity contribution in [2.24, 2.45) is 0 Å². The van der Waals surface area contributed by atoms with Crippen LogP contribution in [0.15, 0.2) is 24.3 Å². The molecule has 0 aromatic heterocycles. The molecule has 1 atom stereocenters. The smallest absolute Gasteiger partial charge is 0.305 e. The molecule has 0 aliphatic rings. The number of aliphatic hydroxyl groups excluding tert-OH is 2. The second-order valence-corrected chi connectivity index (χ2v) is 7.54. The minimum Gasteiger partial charge on any atom is -0.463 e. The van der Waals surface area contributed by atoms with Crippen LogP contribution < -0.4 is 0 Å². The monoisotopic (exact) mass is 396 g/mol. The maximum absolute atomic E-state index is 11.6. The maximum atomic E-state index is 11.6. The predicted octanol–water partition coefficient (Wildman–Crippen LogP) is 5.87. The van der Waals surface area contributed by atoms with E-state index in [2.05, 4.69) is 31.2 Å². The van der Waals surface area contributed by atoms with Crippen LogP contribution in [0.2, 0.25) is 0 Å². The Morgan fingerprint density at radius 2 is 1.50 bits per heavy atom. The van der Waals surface area contributed by atoms with Crippen molar-refractivity contribution in [3.63, 3.8) is 0 Å². The van der Waals surface area contributed by atoms with E-state index < -0.39 is 6.10 Å². The molecule has 4 nitrogen and oxygen atoms in total. The number of rotatable bonds is 20. The first-order chi connectivity index (χ1) is 13.7. The molecule has 164 valence electrons. The van der Waals surface area contributed by atoms with Gasteiger partial charge in [0.2, 0.25) is 0 Å². The van der Waals surface area contributed by atoms with E-state index in [0.717, 1.165) is 38.5 Å². The fourth-order valence-electron chi connectivity index (χ4n) is 2.92. The summed E-state index contributed by atoms with van der Waals surface area (Å²) >= 11 is 0. The summed E-state index contributed by atoms with van der Waals surface area (Å²) in [5, 5.41) is 18.3. The molecule has 0 aliphatic carbocycles. The van der Waals surface area contributed by atoms with Crippen molar-refractivity contribution in [3.05, 3.63) is 24.3 Å². The van der Waals surface area contributed by atoms with E-state index in [1.165, 1.54) is 38.5 Å². The molecule has 0 spiro atoms. The van der Waals surface area contributed by atoms with Crippen LogP contribution in [-0.2, 0) is 9.53 Å². The van der Waals surface area contributed by atoms with Crippen molar-refractivity contribution in [2.75, 3.05) is 13.2 Å². The molecule has 0 bridgehead atoms. The van der Waals surface area contributed by atoms with Gasteiger partial charge >= 0.3 is 5.97 Å². The molecule has 0 heterocycles. The Hall–Kier alpha value is -1.13. The third-order valence-corrected chi connectivity index (χ3v) is 4.71. The average molecular weight is 397 g/mol. The Balaban J connectivity index is 3.35. The molecule has 4 heteroatoms. The Bertz CT molecular complexity index is 390. The van der Waals surface area contributed by atoms with Crippen LogP contribution in [-0.4, -0.2) is 35.5 Å². The first kappa shape index (κ1) is 26.9. The highest BCUT2D eigenvalue weighted by Crippen LogP contribution is 2.09. The van der Waals surface area contributed by atoms with Crippen molar-refractivity contribution in [1.82, 2.24) is 0 Å².